The van der Waals surface area contributed by atoms with Gasteiger partial charge in [0.15, 0.2) is 11.5 Å². The molecule has 0 unspecified atom stereocenters. The lowest BCUT2D eigenvalue weighted by atomic mass is 10.1. The van der Waals surface area contributed by atoms with Gasteiger partial charge in [0.25, 0.3) is 0 Å². The van der Waals surface area contributed by atoms with Gasteiger partial charge in [-0.1, -0.05) is 27.7 Å². The first-order valence-electron chi connectivity index (χ1n) is 9.25. The van der Waals surface area contributed by atoms with Crippen molar-refractivity contribution < 1.29 is 22.7 Å². The zero-order chi connectivity index (χ0) is 20.2. The van der Waals surface area contributed by atoms with E-state index in [-0.39, 0.29) is 17.3 Å². The Kier molecular flexibility index (Phi) is 7.11. The van der Waals surface area contributed by atoms with Crippen molar-refractivity contribution in [2.45, 2.75) is 32.6 Å². The van der Waals surface area contributed by atoms with Crippen molar-refractivity contribution >= 4 is 15.9 Å². The van der Waals surface area contributed by atoms with E-state index < -0.39 is 10.0 Å². The Morgan fingerprint density at radius 3 is 2.15 bits per heavy atom. The molecule has 0 atom stereocenters. The van der Waals surface area contributed by atoms with Crippen molar-refractivity contribution in [3.05, 3.63) is 18.2 Å². The maximum absolute atomic E-state index is 12.9. The van der Waals surface area contributed by atoms with Crippen LogP contribution in [-0.4, -0.2) is 63.4 Å². The van der Waals surface area contributed by atoms with Crippen molar-refractivity contribution in [1.29, 1.82) is 0 Å². The number of carbonyl (C=O) groups excluding carboxylic acids is 1. The summed E-state index contributed by atoms with van der Waals surface area (Å²) in [4.78, 5) is 14.5. The van der Waals surface area contributed by atoms with Gasteiger partial charge in [0.2, 0.25) is 15.9 Å². The smallest absolute Gasteiger partial charge is 0.243 e. The molecule has 1 aromatic carbocycles. The molecule has 7 nitrogen and oxygen atoms in total. The molecular weight excluding hydrogens is 368 g/mol. The minimum absolute atomic E-state index is 0.0846. The Labute approximate surface area is 162 Å². The molecule has 0 bridgehead atoms. The zero-order valence-corrected chi connectivity index (χ0v) is 17.6. The molecule has 0 radical (unpaired) electrons. The molecule has 8 heteroatoms. The van der Waals surface area contributed by atoms with Gasteiger partial charge in [0.05, 0.1) is 11.4 Å². The Hall–Kier alpha value is -1.80. The van der Waals surface area contributed by atoms with Crippen LogP contribution in [0.4, 0.5) is 0 Å². The first kappa shape index (κ1) is 21.5. The second-order valence-corrected chi connectivity index (χ2v) is 9.70. The molecule has 152 valence electrons. The van der Waals surface area contributed by atoms with Crippen molar-refractivity contribution in [1.82, 2.24) is 9.21 Å². The maximum atomic E-state index is 12.9. The second-order valence-electron chi connectivity index (χ2n) is 7.65. The molecule has 1 amide bonds. The van der Waals surface area contributed by atoms with Crippen LogP contribution >= 0.6 is 0 Å². The van der Waals surface area contributed by atoms with Gasteiger partial charge in [-0.2, -0.15) is 4.31 Å². The number of sulfonamides is 1. The Balaban J connectivity index is 2.14. The molecule has 0 saturated heterocycles. The molecule has 1 aliphatic heterocycles. The molecule has 0 aliphatic carbocycles. The minimum Gasteiger partial charge on any atom is -0.486 e. The number of nitrogens with zero attached hydrogens (tertiary/aromatic N) is 2. The molecule has 0 aromatic heterocycles. The number of ether oxygens (including phenoxy) is 2. The van der Waals surface area contributed by atoms with Gasteiger partial charge in [0, 0.05) is 26.2 Å². The lowest BCUT2D eigenvalue weighted by Crippen LogP contribution is -2.44. The monoisotopic (exact) mass is 398 g/mol. The number of likely N-dealkylation sites (N-methyl/N-ethyl adjacent to an activating group) is 1. The topological polar surface area (TPSA) is 76.2 Å². The van der Waals surface area contributed by atoms with E-state index in [2.05, 4.69) is 0 Å². The van der Waals surface area contributed by atoms with Gasteiger partial charge in [-0.15, -0.1) is 0 Å². The number of benzene rings is 1. The molecular formula is C19H30N2O5S. The van der Waals surface area contributed by atoms with E-state index in [1.54, 1.807) is 11.0 Å². The second kappa shape index (κ2) is 8.93. The fourth-order valence-corrected chi connectivity index (χ4v) is 4.04. The highest BCUT2D eigenvalue weighted by Gasteiger charge is 2.27. The van der Waals surface area contributed by atoms with Crippen LogP contribution in [0.5, 0.6) is 11.5 Å². The summed E-state index contributed by atoms with van der Waals surface area (Å²) in [6.07, 6.45) is 0. The summed E-state index contributed by atoms with van der Waals surface area (Å²) in [5.74, 6) is 1.36. The van der Waals surface area contributed by atoms with Gasteiger partial charge >= 0.3 is 0 Å². The van der Waals surface area contributed by atoms with Crippen molar-refractivity contribution in [3.8, 4) is 11.5 Å². The summed E-state index contributed by atoms with van der Waals surface area (Å²) in [6.45, 7) is 9.98. The quantitative estimate of drug-likeness (QED) is 0.671. The average molecular weight is 399 g/mol. The van der Waals surface area contributed by atoms with Gasteiger partial charge in [-0.3, -0.25) is 4.79 Å². The highest BCUT2D eigenvalue weighted by atomic mass is 32.2. The van der Waals surface area contributed by atoms with E-state index in [9.17, 15) is 13.2 Å². The summed E-state index contributed by atoms with van der Waals surface area (Å²) in [7, 11) is -2.38. The number of amides is 1. The standard InChI is InChI=1S/C19H30N2O5S/c1-14(2)11-21(12-15(3)4)19(22)13-20(5)27(23,24)16-6-7-17-18(10-16)26-9-8-25-17/h6-7,10,14-15H,8-9,11-13H2,1-5H3. The fraction of sp³-hybridized carbons (Fsp3) is 0.632. The number of hydrogen-bond acceptors (Lipinski definition) is 5. The van der Waals surface area contributed by atoms with Crippen molar-refractivity contribution in [3.63, 3.8) is 0 Å². The highest BCUT2D eigenvalue weighted by molar-refractivity contribution is 7.89. The van der Waals surface area contributed by atoms with E-state index in [0.717, 1.165) is 4.31 Å². The third-order valence-corrected chi connectivity index (χ3v) is 5.90. The van der Waals surface area contributed by atoms with E-state index in [1.165, 1.54) is 19.2 Å². The first-order valence-corrected chi connectivity index (χ1v) is 10.7. The molecule has 1 heterocycles. The summed E-state index contributed by atoms with van der Waals surface area (Å²) in [6, 6.07) is 4.51. The lowest BCUT2D eigenvalue weighted by molar-refractivity contribution is -0.132. The summed E-state index contributed by atoms with van der Waals surface area (Å²) < 4.78 is 37.7. The molecule has 0 saturated carbocycles. The number of fused-ring (bicyclic) bond motifs is 1. The lowest BCUT2D eigenvalue weighted by Gasteiger charge is -2.28. The van der Waals surface area contributed by atoms with E-state index >= 15 is 0 Å². The van der Waals surface area contributed by atoms with Crippen LogP contribution in [0, 0.1) is 11.8 Å². The van der Waals surface area contributed by atoms with Crippen LogP contribution < -0.4 is 9.47 Å². The number of rotatable bonds is 8. The Bertz CT molecular complexity index is 751. The van der Waals surface area contributed by atoms with Crippen LogP contribution in [0.2, 0.25) is 0 Å². The van der Waals surface area contributed by atoms with Gasteiger partial charge in [0.1, 0.15) is 13.2 Å². The summed E-state index contributed by atoms with van der Waals surface area (Å²) in [5, 5.41) is 0. The predicted molar refractivity (Wildman–Crippen MR) is 104 cm³/mol. The van der Waals surface area contributed by atoms with Crippen LogP contribution in [0.15, 0.2) is 23.1 Å². The van der Waals surface area contributed by atoms with Crippen molar-refractivity contribution in [2.24, 2.45) is 11.8 Å². The Morgan fingerprint density at radius 2 is 1.59 bits per heavy atom. The van der Waals surface area contributed by atoms with E-state index in [1.807, 2.05) is 27.7 Å². The third-order valence-electron chi connectivity index (χ3n) is 4.10. The fourth-order valence-electron chi connectivity index (χ4n) is 2.90. The van der Waals surface area contributed by atoms with Crippen molar-refractivity contribution in [2.75, 3.05) is 39.9 Å². The number of carbonyl (C=O) groups is 1. The third kappa shape index (κ3) is 5.59. The minimum atomic E-state index is -3.81. The van der Waals surface area contributed by atoms with Gasteiger partial charge < -0.3 is 14.4 Å². The van der Waals surface area contributed by atoms with Crippen LogP contribution in [0.1, 0.15) is 27.7 Å². The largest absolute Gasteiger partial charge is 0.486 e. The molecule has 27 heavy (non-hydrogen) atoms. The molecule has 2 rings (SSSR count). The van der Waals surface area contributed by atoms with Gasteiger partial charge in [-0.25, -0.2) is 8.42 Å². The van der Waals surface area contributed by atoms with E-state index in [0.29, 0.717) is 49.6 Å². The zero-order valence-electron chi connectivity index (χ0n) is 16.8. The molecule has 0 N–H and O–H groups in total. The molecule has 0 spiro atoms. The molecule has 0 fully saturated rings. The molecule has 1 aromatic rings. The van der Waals surface area contributed by atoms with Gasteiger partial charge in [-0.05, 0) is 24.0 Å². The van der Waals surface area contributed by atoms with E-state index in [4.69, 9.17) is 9.47 Å². The SMILES string of the molecule is CC(C)CN(CC(C)C)C(=O)CN(C)S(=O)(=O)c1ccc2c(c1)OCCO2. The predicted octanol–water partition coefficient (Wildman–Crippen LogP) is 2.22. The summed E-state index contributed by atoms with van der Waals surface area (Å²) >= 11 is 0. The average Bonchev–Trinajstić information content (AvgIpc) is 2.59. The van der Waals surface area contributed by atoms with Crippen LogP contribution in [-0.2, 0) is 14.8 Å². The first-order chi connectivity index (χ1) is 12.6. The maximum Gasteiger partial charge on any atom is 0.243 e. The summed E-state index contributed by atoms with van der Waals surface area (Å²) in [5.41, 5.74) is 0. The Morgan fingerprint density at radius 1 is 1.04 bits per heavy atom. The van der Waals surface area contributed by atoms with Crippen LogP contribution in [0.3, 0.4) is 0 Å². The number of hydrogen-bond donors (Lipinski definition) is 0. The highest BCUT2D eigenvalue weighted by Crippen LogP contribution is 2.32. The van der Waals surface area contributed by atoms with Crippen LogP contribution in [0.25, 0.3) is 0 Å². The molecule has 1 aliphatic rings. The normalized spacial score (nSPS) is 14.1.